The van der Waals surface area contributed by atoms with Crippen LogP contribution in [0.1, 0.15) is 6.92 Å². The number of rotatable bonds is 2. The number of nitrogens with two attached hydrogens (primary N) is 1. The lowest BCUT2D eigenvalue weighted by Crippen LogP contribution is -2.37. The predicted molar refractivity (Wildman–Crippen MR) is 69.4 cm³/mol. The molecule has 0 amide bonds. The molecule has 0 radical (unpaired) electrons. The van der Waals surface area contributed by atoms with Crippen molar-refractivity contribution in [2.45, 2.75) is 13.5 Å². The molecule has 18 heavy (non-hydrogen) atoms. The Kier molecular flexibility index (Phi) is 2.82. The summed E-state index contributed by atoms with van der Waals surface area (Å²) in [4.78, 5) is 28.0. The van der Waals surface area contributed by atoms with Gasteiger partial charge in [-0.05, 0) is 6.92 Å². The Morgan fingerprint density at radius 1 is 1.28 bits per heavy atom. The standard InChI is InChI=1S/C11H15N5O2/c1-4-5-6-16-7-8(13-10(16)12)14(2)11(18)15(3)9(7)17/h4-5H,6H2,1-3H3,(H2,12,13)/b5-4+. The molecule has 0 aliphatic carbocycles. The summed E-state index contributed by atoms with van der Waals surface area (Å²) >= 11 is 0. The van der Waals surface area contributed by atoms with Gasteiger partial charge in [-0.2, -0.15) is 4.98 Å². The summed E-state index contributed by atoms with van der Waals surface area (Å²) in [6.07, 6.45) is 3.72. The molecule has 0 fully saturated rings. The van der Waals surface area contributed by atoms with Gasteiger partial charge in [-0.3, -0.25) is 13.9 Å². The lowest BCUT2D eigenvalue weighted by atomic mass is 10.4. The summed E-state index contributed by atoms with van der Waals surface area (Å²) in [6.45, 7) is 2.33. The molecule has 0 spiro atoms. The van der Waals surface area contributed by atoms with Gasteiger partial charge in [0.15, 0.2) is 11.2 Å². The summed E-state index contributed by atoms with van der Waals surface area (Å²) in [6, 6.07) is 0. The third kappa shape index (κ3) is 1.55. The molecule has 2 rings (SSSR count). The van der Waals surface area contributed by atoms with Crippen LogP contribution in [0, 0.1) is 0 Å². The number of hydrogen-bond donors (Lipinski definition) is 1. The molecule has 0 aromatic carbocycles. The first kappa shape index (κ1) is 12.2. The van der Waals surface area contributed by atoms with Crippen molar-refractivity contribution in [2.24, 2.45) is 14.1 Å². The fraction of sp³-hybridized carbons (Fsp3) is 0.364. The van der Waals surface area contributed by atoms with Crippen LogP contribution in [0.3, 0.4) is 0 Å². The molecular weight excluding hydrogens is 234 g/mol. The second-order valence-corrected chi connectivity index (χ2v) is 4.03. The minimum atomic E-state index is -0.414. The molecule has 2 heterocycles. The molecule has 2 aromatic heterocycles. The maximum atomic E-state index is 12.1. The van der Waals surface area contributed by atoms with E-state index in [4.69, 9.17) is 5.73 Å². The summed E-state index contributed by atoms with van der Waals surface area (Å²) in [5.41, 5.74) is 5.64. The van der Waals surface area contributed by atoms with E-state index < -0.39 is 5.69 Å². The van der Waals surface area contributed by atoms with Crippen LogP contribution >= 0.6 is 0 Å². The molecule has 7 nitrogen and oxygen atoms in total. The Morgan fingerprint density at radius 2 is 1.94 bits per heavy atom. The van der Waals surface area contributed by atoms with Gasteiger partial charge in [-0.25, -0.2) is 4.79 Å². The van der Waals surface area contributed by atoms with Crippen LogP contribution < -0.4 is 17.0 Å². The van der Waals surface area contributed by atoms with Crippen LogP contribution in [-0.2, 0) is 20.6 Å². The summed E-state index contributed by atoms with van der Waals surface area (Å²) < 4.78 is 3.96. The lowest BCUT2D eigenvalue weighted by Gasteiger charge is -2.05. The highest BCUT2D eigenvalue weighted by atomic mass is 16.2. The van der Waals surface area contributed by atoms with Crippen LogP contribution in [0.4, 0.5) is 5.95 Å². The molecule has 0 saturated carbocycles. The third-order valence-corrected chi connectivity index (χ3v) is 2.90. The van der Waals surface area contributed by atoms with Gasteiger partial charge in [-0.1, -0.05) is 12.2 Å². The van der Waals surface area contributed by atoms with Crippen molar-refractivity contribution in [3.63, 3.8) is 0 Å². The summed E-state index contributed by atoms with van der Waals surface area (Å²) in [5, 5.41) is 0. The molecule has 0 saturated heterocycles. The smallest absolute Gasteiger partial charge is 0.332 e. The SMILES string of the molecule is C/C=C/Cn1c(N)nc2c1c(=O)n(C)c(=O)n2C. The highest BCUT2D eigenvalue weighted by molar-refractivity contribution is 5.73. The van der Waals surface area contributed by atoms with E-state index in [2.05, 4.69) is 4.98 Å². The minimum Gasteiger partial charge on any atom is -0.369 e. The van der Waals surface area contributed by atoms with Crippen molar-refractivity contribution in [1.82, 2.24) is 18.7 Å². The first-order chi connectivity index (χ1) is 8.49. The second kappa shape index (κ2) is 4.17. The van der Waals surface area contributed by atoms with Crippen LogP contribution in [0.15, 0.2) is 21.7 Å². The number of nitrogens with zero attached hydrogens (tertiary/aromatic N) is 4. The monoisotopic (exact) mass is 249 g/mol. The number of allylic oxidation sites excluding steroid dienone is 2. The number of aromatic nitrogens is 4. The zero-order valence-electron chi connectivity index (χ0n) is 10.5. The van der Waals surface area contributed by atoms with E-state index in [9.17, 15) is 9.59 Å². The molecule has 2 N–H and O–H groups in total. The Morgan fingerprint density at radius 3 is 2.56 bits per heavy atom. The maximum absolute atomic E-state index is 12.1. The van der Waals surface area contributed by atoms with Gasteiger partial charge in [0.05, 0.1) is 0 Å². The Labute approximate surface area is 103 Å². The molecule has 0 aliphatic rings. The Hall–Kier alpha value is -2.31. The number of nitrogen functional groups attached to an aromatic ring is 1. The minimum absolute atomic E-state index is 0.224. The molecule has 0 bridgehead atoms. The zero-order chi connectivity index (χ0) is 13.4. The Balaban J connectivity index is 2.94. The fourth-order valence-corrected chi connectivity index (χ4v) is 1.86. The first-order valence-corrected chi connectivity index (χ1v) is 5.52. The van der Waals surface area contributed by atoms with E-state index in [0.29, 0.717) is 17.7 Å². The normalized spacial score (nSPS) is 11.7. The van der Waals surface area contributed by atoms with E-state index in [1.54, 1.807) is 11.6 Å². The van der Waals surface area contributed by atoms with Crippen molar-refractivity contribution in [3.8, 4) is 0 Å². The van der Waals surface area contributed by atoms with E-state index in [1.165, 1.54) is 11.6 Å². The average molecular weight is 249 g/mol. The first-order valence-electron chi connectivity index (χ1n) is 5.52. The summed E-state index contributed by atoms with van der Waals surface area (Å²) in [5.74, 6) is 0.224. The molecule has 0 atom stereocenters. The fourth-order valence-electron chi connectivity index (χ4n) is 1.86. The predicted octanol–water partition coefficient (Wildman–Crippen LogP) is -0.408. The number of hydrogen-bond acceptors (Lipinski definition) is 4. The van der Waals surface area contributed by atoms with Crippen molar-refractivity contribution in [2.75, 3.05) is 5.73 Å². The van der Waals surface area contributed by atoms with Gasteiger partial charge in [0.25, 0.3) is 5.56 Å². The van der Waals surface area contributed by atoms with Gasteiger partial charge in [0.2, 0.25) is 5.95 Å². The molecule has 2 aromatic rings. The molecule has 96 valence electrons. The van der Waals surface area contributed by atoms with Crippen molar-refractivity contribution >= 4 is 17.1 Å². The quantitative estimate of drug-likeness (QED) is 0.733. The van der Waals surface area contributed by atoms with E-state index >= 15 is 0 Å². The molecular formula is C11H15N5O2. The van der Waals surface area contributed by atoms with Crippen LogP contribution in [0.2, 0.25) is 0 Å². The van der Waals surface area contributed by atoms with Crippen LogP contribution in [0.5, 0.6) is 0 Å². The van der Waals surface area contributed by atoms with Crippen LogP contribution in [0.25, 0.3) is 11.2 Å². The van der Waals surface area contributed by atoms with E-state index in [1.807, 2.05) is 19.1 Å². The van der Waals surface area contributed by atoms with E-state index in [0.717, 1.165) is 4.57 Å². The van der Waals surface area contributed by atoms with Crippen molar-refractivity contribution in [1.29, 1.82) is 0 Å². The van der Waals surface area contributed by atoms with Gasteiger partial charge in [-0.15, -0.1) is 0 Å². The summed E-state index contributed by atoms with van der Waals surface area (Å²) in [7, 11) is 3.00. The van der Waals surface area contributed by atoms with E-state index in [-0.39, 0.29) is 11.5 Å². The number of aryl methyl sites for hydroxylation is 1. The maximum Gasteiger partial charge on any atom is 0.332 e. The average Bonchev–Trinajstić information content (AvgIpc) is 2.68. The number of fused-ring (bicyclic) bond motifs is 1. The highest BCUT2D eigenvalue weighted by Gasteiger charge is 2.16. The largest absolute Gasteiger partial charge is 0.369 e. The van der Waals surface area contributed by atoms with Gasteiger partial charge < -0.3 is 10.3 Å². The lowest BCUT2D eigenvalue weighted by molar-refractivity contribution is 0.703. The van der Waals surface area contributed by atoms with Crippen molar-refractivity contribution in [3.05, 3.63) is 33.0 Å². The Bertz CT molecular complexity index is 747. The van der Waals surface area contributed by atoms with Gasteiger partial charge in [0.1, 0.15) is 0 Å². The topological polar surface area (TPSA) is 87.8 Å². The highest BCUT2D eigenvalue weighted by Crippen LogP contribution is 2.12. The number of anilines is 1. The molecule has 7 heteroatoms. The van der Waals surface area contributed by atoms with Gasteiger partial charge >= 0.3 is 5.69 Å². The second-order valence-electron chi connectivity index (χ2n) is 4.03. The number of imidazole rings is 1. The third-order valence-electron chi connectivity index (χ3n) is 2.90. The molecule has 0 aliphatic heterocycles. The van der Waals surface area contributed by atoms with Crippen LogP contribution in [-0.4, -0.2) is 18.7 Å². The van der Waals surface area contributed by atoms with Gasteiger partial charge in [0, 0.05) is 20.6 Å². The van der Waals surface area contributed by atoms with Crippen molar-refractivity contribution < 1.29 is 0 Å². The zero-order valence-corrected chi connectivity index (χ0v) is 10.5. The molecule has 0 unspecified atom stereocenters.